The Kier molecular flexibility index (Phi) is 5.39. The summed E-state index contributed by atoms with van der Waals surface area (Å²) in [5, 5.41) is 3.22. The van der Waals surface area contributed by atoms with Crippen molar-refractivity contribution in [1.29, 1.82) is 0 Å². The average Bonchev–Trinajstić information content (AvgIpc) is 2.52. The van der Waals surface area contributed by atoms with Crippen LogP contribution in [0.5, 0.6) is 0 Å². The number of likely N-dealkylation sites (N-methyl/N-ethyl adjacent to an activating group) is 1. The first kappa shape index (κ1) is 15.6. The topological polar surface area (TPSA) is 12.0 Å². The van der Waals surface area contributed by atoms with E-state index in [2.05, 4.69) is 5.32 Å². The summed E-state index contributed by atoms with van der Waals surface area (Å²) in [6.45, 7) is 3.43. The molecule has 1 atom stereocenters. The van der Waals surface area contributed by atoms with Crippen LogP contribution in [0, 0.1) is 17.5 Å². The number of halogens is 3. The monoisotopic (exact) mass is 293 g/mol. The Bertz CT molecular complexity index is 584. The normalized spacial score (nSPS) is 12.4. The third-order valence-electron chi connectivity index (χ3n) is 3.49. The van der Waals surface area contributed by atoms with Crippen molar-refractivity contribution in [3.05, 3.63) is 71.0 Å². The lowest BCUT2D eigenvalue weighted by atomic mass is 9.91. The van der Waals surface area contributed by atoms with Crippen molar-refractivity contribution in [3.63, 3.8) is 0 Å². The summed E-state index contributed by atoms with van der Waals surface area (Å²) in [4.78, 5) is 0. The summed E-state index contributed by atoms with van der Waals surface area (Å²) < 4.78 is 40.2. The molecule has 0 heterocycles. The molecule has 0 aliphatic heterocycles. The van der Waals surface area contributed by atoms with Gasteiger partial charge < -0.3 is 5.32 Å². The number of hydrogen-bond donors (Lipinski definition) is 1. The lowest BCUT2D eigenvalue weighted by Crippen LogP contribution is -2.23. The van der Waals surface area contributed by atoms with Gasteiger partial charge >= 0.3 is 0 Å². The molecule has 0 aliphatic rings. The molecule has 0 radical (unpaired) electrons. The first-order valence-corrected chi connectivity index (χ1v) is 7.01. The van der Waals surface area contributed by atoms with Gasteiger partial charge in [0, 0.05) is 12.5 Å². The molecule has 2 aromatic rings. The number of hydrogen-bond acceptors (Lipinski definition) is 1. The molecule has 1 nitrogen and oxygen atoms in total. The Morgan fingerprint density at radius 1 is 0.952 bits per heavy atom. The summed E-state index contributed by atoms with van der Waals surface area (Å²) in [5.41, 5.74) is 1.24. The average molecular weight is 293 g/mol. The van der Waals surface area contributed by atoms with Crippen LogP contribution < -0.4 is 5.32 Å². The highest BCUT2D eigenvalue weighted by atomic mass is 19.2. The van der Waals surface area contributed by atoms with Crippen molar-refractivity contribution in [2.45, 2.75) is 19.3 Å². The highest BCUT2D eigenvalue weighted by Gasteiger charge is 2.18. The van der Waals surface area contributed by atoms with Crippen molar-refractivity contribution < 1.29 is 13.2 Å². The zero-order valence-electron chi connectivity index (χ0n) is 11.9. The lowest BCUT2D eigenvalue weighted by molar-refractivity contribution is 0.437. The summed E-state index contributed by atoms with van der Waals surface area (Å²) in [5.74, 6) is -3.64. The molecule has 2 rings (SSSR count). The van der Waals surface area contributed by atoms with E-state index in [-0.39, 0.29) is 11.5 Å². The lowest BCUT2D eigenvalue weighted by Gasteiger charge is -2.18. The Labute approximate surface area is 122 Å². The molecule has 0 aliphatic carbocycles. The molecule has 0 saturated heterocycles. The second-order valence-corrected chi connectivity index (χ2v) is 4.95. The maximum absolute atomic E-state index is 13.8. The van der Waals surface area contributed by atoms with Gasteiger partial charge in [0.25, 0.3) is 0 Å². The van der Waals surface area contributed by atoms with E-state index in [1.807, 2.05) is 37.3 Å². The molecule has 0 aromatic heterocycles. The van der Waals surface area contributed by atoms with Crippen LogP contribution in [0.25, 0.3) is 0 Å². The third-order valence-corrected chi connectivity index (χ3v) is 3.49. The summed E-state index contributed by atoms with van der Waals surface area (Å²) in [7, 11) is 0. The van der Waals surface area contributed by atoms with Crippen LogP contribution in [0.2, 0.25) is 0 Å². The standard InChI is InChI=1S/C17H18F3N/c1-2-21-11-14(12-6-4-3-5-7-12)10-13-8-9-15(18)17(20)16(13)19/h3-9,14,21H,2,10-11H2,1H3. The summed E-state index contributed by atoms with van der Waals surface area (Å²) in [6, 6.07) is 11.9. The van der Waals surface area contributed by atoms with Crippen LogP contribution in [0.4, 0.5) is 13.2 Å². The molecule has 2 aromatic carbocycles. The van der Waals surface area contributed by atoms with E-state index in [1.54, 1.807) is 0 Å². The van der Waals surface area contributed by atoms with Crippen LogP contribution in [-0.4, -0.2) is 13.1 Å². The van der Waals surface area contributed by atoms with Crippen LogP contribution in [0.3, 0.4) is 0 Å². The summed E-state index contributed by atoms with van der Waals surface area (Å²) >= 11 is 0. The van der Waals surface area contributed by atoms with Gasteiger partial charge in [-0.15, -0.1) is 0 Å². The van der Waals surface area contributed by atoms with Gasteiger partial charge in [-0.05, 0) is 30.2 Å². The van der Waals surface area contributed by atoms with Crippen LogP contribution >= 0.6 is 0 Å². The maximum Gasteiger partial charge on any atom is 0.194 e. The minimum Gasteiger partial charge on any atom is -0.316 e. The molecule has 112 valence electrons. The van der Waals surface area contributed by atoms with E-state index in [0.717, 1.165) is 18.2 Å². The molecular formula is C17H18F3N. The van der Waals surface area contributed by atoms with Gasteiger partial charge in [-0.25, -0.2) is 13.2 Å². The van der Waals surface area contributed by atoms with Crippen LogP contribution in [0.15, 0.2) is 42.5 Å². The number of rotatable bonds is 6. The molecule has 0 bridgehead atoms. The molecule has 0 amide bonds. The first-order valence-electron chi connectivity index (χ1n) is 7.01. The SMILES string of the molecule is CCNCC(Cc1ccc(F)c(F)c1F)c1ccccc1. The second-order valence-electron chi connectivity index (χ2n) is 4.95. The Balaban J connectivity index is 2.25. The van der Waals surface area contributed by atoms with Gasteiger partial charge in [0.1, 0.15) is 0 Å². The van der Waals surface area contributed by atoms with Crippen molar-refractivity contribution >= 4 is 0 Å². The fourth-order valence-electron chi connectivity index (χ4n) is 2.34. The zero-order chi connectivity index (χ0) is 15.2. The maximum atomic E-state index is 13.8. The van der Waals surface area contributed by atoms with Crippen molar-refractivity contribution in [2.24, 2.45) is 0 Å². The molecule has 0 fully saturated rings. The smallest absolute Gasteiger partial charge is 0.194 e. The molecule has 1 N–H and O–H groups in total. The highest BCUT2D eigenvalue weighted by Crippen LogP contribution is 2.24. The minimum atomic E-state index is -1.40. The predicted octanol–water partition coefficient (Wildman–Crippen LogP) is 4.04. The van der Waals surface area contributed by atoms with Gasteiger partial charge in [0.2, 0.25) is 0 Å². The van der Waals surface area contributed by atoms with Crippen molar-refractivity contribution in [2.75, 3.05) is 13.1 Å². The van der Waals surface area contributed by atoms with Gasteiger partial charge in [-0.2, -0.15) is 0 Å². The Morgan fingerprint density at radius 2 is 1.67 bits per heavy atom. The van der Waals surface area contributed by atoms with Gasteiger partial charge in [0.15, 0.2) is 17.5 Å². The van der Waals surface area contributed by atoms with Crippen LogP contribution in [0.1, 0.15) is 24.0 Å². The predicted molar refractivity (Wildman–Crippen MR) is 77.7 cm³/mol. The molecular weight excluding hydrogens is 275 g/mol. The highest BCUT2D eigenvalue weighted by molar-refractivity contribution is 5.26. The molecule has 4 heteroatoms. The second kappa shape index (κ2) is 7.27. The molecule has 0 spiro atoms. The van der Waals surface area contributed by atoms with E-state index < -0.39 is 17.5 Å². The Hall–Kier alpha value is -1.81. The minimum absolute atomic E-state index is 0.00510. The summed E-state index contributed by atoms with van der Waals surface area (Å²) in [6.07, 6.45) is 0.319. The van der Waals surface area contributed by atoms with E-state index in [1.165, 1.54) is 6.07 Å². The van der Waals surface area contributed by atoms with E-state index in [9.17, 15) is 13.2 Å². The van der Waals surface area contributed by atoms with Crippen LogP contribution in [-0.2, 0) is 6.42 Å². The quantitative estimate of drug-likeness (QED) is 0.793. The zero-order valence-corrected chi connectivity index (χ0v) is 11.9. The fourth-order valence-corrected chi connectivity index (χ4v) is 2.34. The number of nitrogens with one attached hydrogen (secondary N) is 1. The third kappa shape index (κ3) is 3.85. The van der Waals surface area contributed by atoms with E-state index in [4.69, 9.17) is 0 Å². The van der Waals surface area contributed by atoms with E-state index >= 15 is 0 Å². The van der Waals surface area contributed by atoms with E-state index in [0.29, 0.717) is 13.0 Å². The Morgan fingerprint density at radius 3 is 2.33 bits per heavy atom. The number of benzene rings is 2. The van der Waals surface area contributed by atoms with Gasteiger partial charge in [-0.1, -0.05) is 43.3 Å². The molecule has 0 saturated carbocycles. The molecule has 21 heavy (non-hydrogen) atoms. The van der Waals surface area contributed by atoms with Gasteiger partial charge in [-0.3, -0.25) is 0 Å². The van der Waals surface area contributed by atoms with Crippen molar-refractivity contribution in [3.8, 4) is 0 Å². The first-order chi connectivity index (χ1) is 10.1. The fraction of sp³-hybridized carbons (Fsp3) is 0.294. The van der Waals surface area contributed by atoms with Crippen molar-refractivity contribution in [1.82, 2.24) is 5.32 Å². The molecule has 1 unspecified atom stereocenters. The van der Waals surface area contributed by atoms with Gasteiger partial charge in [0.05, 0.1) is 0 Å². The largest absolute Gasteiger partial charge is 0.316 e.